The highest BCUT2D eigenvalue weighted by Crippen LogP contribution is 2.18. The van der Waals surface area contributed by atoms with Crippen LogP contribution in [0.2, 0.25) is 0 Å². The van der Waals surface area contributed by atoms with E-state index < -0.39 is 6.10 Å². The number of para-hydroxylation sites is 1. The minimum atomic E-state index is -0.535. The molecule has 0 radical (unpaired) electrons. The standard InChI is InChI=1S/C15H20N2O2S/c1-12-11-20-7-6-17(12)9-14(18)10-19-15-5-3-2-4-13(15)8-16/h2-5,12,14,18H,6-7,9-11H2,1H3. The molecule has 2 rings (SSSR count). The molecular weight excluding hydrogens is 272 g/mol. The lowest BCUT2D eigenvalue weighted by Gasteiger charge is -2.34. The fourth-order valence-corrected chi connectivity index (χ4v) is 3.31. The van der Waals surface area contributed by atoms with Gasteiger partial charge in [0.05, 0.1) is 5.56 Å². The van der Waals surface area contributed by atoms with Gasteiger partial charge in [-0.3, -0.25) is 4.90 Å². The monoisotopic (exact) mass is 292 g/mol. The van der Waals surface area contributed by atoms with Crippen LogP contribution < -0.4 is 4.74 Å². The van der Waals surface area contributed by atoms with E-state index in [4.69, 9.17) is 10.00 Å². The molecule has 0 bridgehead atoms. The van der Waals surface area contributed by atoms with E-state index in [0.717, 1.165) is 18.1 Å². The second-order valence-corrected chi connectivity index (χ2v) is 6.14. The van der Waals surface area contributed by atoms with E-state index in [0.29, 0.717) is 23.9 Å². The molecule has 1 aromatic carbocycles. The van der Waals surface area contributed by atoms with Gasteiger partial charge in [-0.05, 0) is 19.1 Å². The van der Waals surface area contributed by atoms with Crippen LogP contribution in [0, 0.1) is 11.3 Å². The van der Waals surface area contributed by atoms with Crippen LogP contribution in [0.5, 0.6) is 5.75 Å². The molecule has 1 aromatic rings. The zero-order valence-corrected chi connectivity index (χ0v) is 12.5. The molecule has 0 aromatic heterocycles. The summed E-state index contributed by atoms with van der Waals surface area (Å²) in [5, 5.41) is 19.1. The normalized spacial score (nSPS) is 21.1. The fourth-order valence-electron chi connectivity index (χ4n) is 2.23. The molecule has 108 valence electrons. The minimum absolute atomic E-state index is 0.217. The van der Waals surface area contributed by atoms with Gasteiger partial charge >= 0.3 is 0 Å². The van der Waals surface area contributed by atoms with Crippen LogP contribution in [0.25, 0.3) is 0 Å². The Morgan fingerprint density at radius 3 is 3.10 bits per heavy atom. The third-order valence-electron chi connectivity index (χ3n) is 3.39. The number of benzene rings is 1. The molecule has 20 heavy (non-hydrogen) atoms. The maximum atomic E-state index is 10.1. The molecule has 0 aliphatic carbocycles. The van der Waals surface area contributed by atoms with Crippen LogP contribution in [0.1, 0.15) is 12.5 Å². The lowest BCUT2D eigenvalue weighted by atomic mass is 10.2. The summed E-state index contributed by atoms with van der Waals surface area (Å²) in [4.78, 5) is 2.29. The second kappa shape index (κ2) is 7.53. The largest absolute Gasteiger partial charge is 0.489 e. The number of nitriles is 1. The first-order chi connectivity index (χ1) is 9.70. The summed E-state index contributed by atoms with van der Waals surface area (Å²) < 4.78 is 5.56. The number of β-amino-alcohol motifs (C(OH)–C–C–N with tert-alkyl or cyclic N) is 1. The summed E-state index contributed by atoms with van der Waals surface area (Å²) in [6.07, 6.45) is -0.535. The summed E-state index contributed by atoms with van der Waals surface area (Å²) in [5.41, 5.74) is 0.502. The van der Waals surface area contributed by atoms with Gasteiger partial charge in [-0.15, -0.1) is 0 Å². The van der Waals surface area contributed by atoms with Crippen molar-refractivity contribution >= 4 is 11.8 Å². The molecule has 2 unspecified atom stereocenters. The maximum Gasteiger partial charge on any atom is 0.137 e. The number of aliphatic hydroxyl groups excluding tert-OH is 1. The second-order valence-electron chi connectivity index (χ2n) is 4.99. The van der Waals surface area contributed by atoms with Gasteiger partial charge in [0.15, 0.2) is 0 Å². The molecule has 2 atom stereocenters. The zero-order chi connectivity index (χ0) is 14.4. The van der Waals surface area contributed by atoms with E-state index in [2.05, 4.69) is 17.9 Å². The van der Waals surface area contributed by atoms with Crippen LogP contribution in [0.15, 0.2) is 24.3 Å². The Kier molecular flexibility index (Phi) is 5.72. The summed E-state index contributed by atoms with van der Waals surface area (Å²) in [7, 11) is 0. The lowest BCUT2D eigenvalue weighted by Crippen LogP contribution is -2.45. The van der Waals surface area contributed by atoms with E-state index in [9.17, 15) is 5.11 Å². The Morgan fingerprint density at radius 2 is 2.35 bits per heavy atom. The number of aliphatic hydroxyl groups is 1. The first-order valence-electron chi connectivity index (χ1n) is 6.82. The summed E-state index contributed by atoms with van der Waals surface area (Å²) in [6, 6.07) is 9.68. The third-order valence-corrected chi connectivity index (χ3v) is 4.58. The van der Waals surface area contributed by atoms with E-state index in [-0.39, 0.29) is 6.61 Å². The quantitative estimate of drug-likeness (QED) is 0.896. The number of rotatable bonds is 5. The van der Waals surface area contributed by atoms with Crippen molar-refractivity contribution in [1.82, 2.24) is 4.90 Å². The smallest absolute Gasteiger partial charge is 0.137 e. The van der Waals surface area contributed by atoms with Gasteiger partial charge in [-0.1, -0.05) is 12.1 Å². The molecule has 0 saturated carbocycles. The van der Waals surface area contributed by atoms with Gasteiger partial charge in [0.25, 0.3) is 0 Å². The minimum Gasteiger partial charge on any atom is -0.489 e. The van der Waals surface area contributed by atoms with Crippen molar-refractivity contribution in [3.05, 3.63) is 29.8 Å². The summed E-state index contributed by atoms with van der Waals surface area (Å²) >= 11 is 1.96. The molecular formula is C15H20N2O2S. The van der Waals surface area contributed by atoms with Crippen molar-refractivity contribution in [3.8, 4) is 11.8 Å². The van der Waals surface area contributed by atoms with Crippen molar-refractivity contribution in [1.29, 1.82) is 5.26 Å². The first kappa shape index (κ1) is 15.2. The third kappa shape index (κ3) is 4.14. The van der Waals surface area contributed by atoms with Crippen molar-refractivity contribution in [2.24, 2.45) is 0 Å². The van der Waals surface area contributed by atoms with Crippen LogP contribution in [-0.4, -0.2) is 53.4 Å². The number of hydrogen-bond donors (Lipinski definition) is 1. The Morgan fingerprint density at radius 1 is 1.55 bits per heavy atom. The first-order valence-corrected chi connectivity index (χ1v) is 7.98. The van der Waals surface area contributed by atoms with Crippen molar-refractivity contribution < 1.29 is 9.84 Å². The highest BCUT2D eigenvalue weighted by molar-refractivity contribution is 7.99. The number of thioether (sulfide) groups is 1. The molecule has 1 N–H and O–H groups in total. The molecule has 1 aliphatic rings. The SMILES string of the molecule is CC1CSCCN1CC(O)COc1ccccc1C#N. The lowest BCUT2D eigenvalue weighted by molar-refractivity contribution is 0.0595. The summed E-state index contributed by atoms with van der Waals surface area (Å²) in [6.45, 7) is 4.04. The van der Waals surface area contributed by atoms with Crippen LogP contribution >= 0.6 is 11.8 Å². The molecule has 1 fully saturated rings. The van der Waals surface area contributed by atoms with Crippen LogP contribution in [0.3, 0.4) is 0 Å². The maximum absolute atomic E-state index is 10.1. The fraction of sp³-hybridized carbons (Fsp3) is 0.533. The van der Waals surface area contributed by atoms with Gasteiger partial charge in [0.2, 0.25) is 0 Å². The Hall–Kier alpha value is -1.22. The molecule has 1 aliphatic heterocycles. The molecule has 5 heteroatoms. The van der Waals surface area contributed by atoms with Gasteiger partial charge < -0.3 is 9.84 Å². The number of ether oxygens (including phenoxy) is 1. The van der Waals surface area contributed by atoms with E-state index in [1.807, 2.05) is 17.8 Å². The number of hydrogen-bond acceptors (Lipinski definition) is 5. The van der Waals surface area contributed by atoms with Gasteiger partial charge in [-0.25, -0.2) is 0 Å². The Balaban J connectivity index is 1.83. The van der Waals surface area contributed by atoms with Gasteiger partial charge in [0, 0.05) is 30.6 Å². The molecule has 1 saturated heterocycles. The van der Waals surface area contributed by atoms with Crippen molar-refractivity contribution in [3.63, 3.8) is 0 Å². The van der Waals surface area contributed by atoms with Gasteiger partial charge in [0.1, 0.15) is 24.5 Å². The van der Waals surface area contributed by atoms with Crippen molar-refractivity contribution in [2.75, 3.05) is 31.2 Å². The molecule has 0 amide bonds. The topological polar surface area (TPSA) is 56.5 Å². The predicted molar refractivity (Wildman–Crippen MR) is 81.0 cm³/mol. The van der Waals surface area contributed by atoms with Crippen LogP contribution in [-0.2, 0) is 0 Å². The van der Waals surface area contributed by atoms with E-state index in [1.54, 1.807) is 18.2 Å². The van der Waals surface area contributed by atoms with Crippen molar-refractivity contribution in [2.45, 2.75) is 19.1 Å². The van der Waals surface area contributed by atoms with Gasteiger partial charge in [-0.2, -0.15) is 17.0 Å². The predicted octanol–water partition coefficient (Wildman–Crippen LogP) is 1.74. The zero-order valence-electron chi connectivity index (χ0n) is 11.7. The Labute approximate surface area is 124 Å². The molecule has 4 nitrogen and oxygen atoms in total. The number of nitrogens with zero attached hydrogens (tertiary/aromatic N) is 2. The Bertz CT molecular complexity index is 475. The summed E-state index contributed by atoms with van der Waals surface area (Å²) in [5.74, 6) is 2.77. The molecule has 0 spiro atoms. The molecule has 1 heterocycles. The highest BCUT2D eigenvalue weighted by Gasteiger charge is 2.21. The average Bonchev–Trinajstić information content (AvgIpc) is 2.48. The van der Waals surface area contributed by atoms with Crippen LogP contribution in [0.4, 0.5) is 0 Å². The average molecular weight is 292 g/mol. The van der Waals surface area contributed by atoms with E-state index in [1.165, 1.54) is 0 Å². The van der Waals surface area contributed by atoms with E-state index >= 15 is 0 Å². The highest BCUT2D eigenvalue weighted by atomic mass is 32.2.